The molecule has 0 aromatic heterocycles. The van der Waals surface area contributed by atoms with Gasteiger partial charge in [-0.15, -0.1) is 0 Å². The third-order valence-corrected chi connectivity index (χ3v) is 1.47. The molecule has 1 saturated heterocycles. The van der Waals surface area contributed by atoms with E-state index in [-0.39, 0.29) is 0 Å². The third kappa shape index (κ3) is 2.44. The molecule has 12 heavy (non-hydrogen) atoms. The van der Waals surface area contributed by atoms with E-state index in [1.54, 1.807) is 0 Å². The van der Waals surface area contributed by atoms with E-state index >= 15 is 0 Å². The molecule has 0 unspecified atom stereocenters. The fourth-order valence-corrected chi connectivity index (χ4v) is 1.84. The highest BCUT2D eigenvalue weighted by Gasteiger charge is 2.44. The largest absolute Gasteiger partial charge is 0.319 e. The van der Waals surface area contributed by atoms with E-state index in [9.17, 15) is 0 Å². The zero-order valence-electron chi connectivity index (χ0n) is 8.72. The first-order valence-corrected chi connectivity index (χ1v) is 4.22. The summed E-state index contributed by atoms with van der Waals surface area (Å²) in [6.45, 7) is 11.3. The van der Waals surface area contributed by atoms with Gasteiger partial charge in [-0.3, -0.25) is 0 Å². The highest BCUT2D eigenvalue weighted by Crippen LogP contribution is 2.36. The van der Waals surface area contributed by atoms with E-state index in [1.165, 1.54) is 0 Å². The van der Waals surface area contributed by atoms with E-state index in [0.29, 0.717) is 0 Å². The molecule has 0 atom stereocenters. The van der Waals surface area contributed by atoms with Gasteiger partial charge in [0.25, 0.3) is 0 Å². The second-order valence-corrected chi connectivity index (χ2v) is 4.51. The smallest absolute Gasteiger partial charge is 0.169 e. The minimum Gasteiger partial charge on any atom is -0.319 e. The van der Waals surface area contributed by atoms with Crippen LogP contribution in [0.2, 0.25) is 0 Å². The lowest BCUT2D eigenvalue weighted by Crippen LogP contribution is -2.55. The lowest BCUT2D eigenvalue weighted by atomic mass is 10.2. The second kappa shape index (κ2) is 2.44. The van der Waals surface area contributed by atoms with Gasteiger partial charge in [-0.25, -0.2) is 0 Å². The zero-order valence-corrected chi connectivity index (χ0v) is 8.72. The van der Waals surface area contributed by atoms with Crippen LogP contribution in [0, 0.1) is 0 Å². The maximum absolute atomic E-state index is 5.55. The molecule has 0 N–H and O–H groups in total. The van der Waals surface area contributed by atoms with Gasteiger partial charge in [0.05, 0.1) is 0 Å². The average molecular weight is 174 g/mol. The molecule has 0 bridgehead atoms. The lowest BCUT2D eigenvalue weighted by molar-refractivity contribution is -0.483. The highest BCUT2D eigenvalue weighted by atomic mass is 16.9. The Hall–Kier alpha value is -0.120. The summed E-state index contributed by atoms with van der Waals surface area (Å²) in [6.07, 6.45) is 0. The van der Waals surface area contributed by atoms with Crippen LogP contribution >= 0.6 is 0 Å². The molecule has 1 aliphatic rings. The standard InChI is InChI=1S/C9H18O3/c1-7(2)10-8(3,4)12-9(5,6)11-7/h1-6H3. The first-order chi connectivity index (χ1) is 5.12. The summed E-state index contributed by atoms with van der Waals surface area (Å²) in [4.78, 5) is 0. The van der Waals surface area contributed by atoms with E-state index in [0.717, 1.165) is 0 Å². The van der Waals surface area contributed by atoms with Crippen molar-refractivity contribution >= 4 is 0 Å². The summed E-state index contributed by atoms with van der Waals surface area (Å²) in [6, 6.07) is 0. The van der Waals surface area contributed by atoms with Gasteiger partial charge in [0.1, 0.15) is 0 Å². The topological polar surface area (TPSA) is 27.7 Å². The molecule has 0 radical (unpaired) electrons. The predicted molar refractivity (Wildman–Crippen MR) is 45.5 cm³/mol. The van der Waals surface area contributed by atoms with Gasteiger partial charge in [0, 0.05) is 0 Å². The van der Waals surface area contributed by atoms with Crippen LogP contribution in [0.25, 0.3) is 0 Å². The van der Waals surface area contributed by atoms with Crippen molar-refractivity contribution < 1.29 is 14.2 Å². The molecule has 3 nitrogen and oxygen atoms in total. The molecule has 1 aliphatic heterocycles. The van der Waals surface area contributed by atoms with Crippen molar-refractivity contribution in [3.63, 3.8) is 0 Å². The summed E-state index contributed by atoms with van der Waals surface area (Å²) < 4.78 is 16.7. The van der Waals surface area contributed by atoms with Gasteiger partial charge >= 0.3 is 0 Å². The van der Waals surface area contributed by atoms with Crippen molar-refractivity contribution in [2.24, 2.45) is 0 Å². The SMILES string of the molecule is CC1(C)OC(C)(C)OC(C)(C)O1. The summed E-state index contributed by atoms with van der Waals surface area (Å²) in [5, 5.41) is 0. The molecule has 0 aromatic rings. The lowest BCUT2D eigenvalue weighted by Gasteiger charge is -2.48. The Labute approximate surface area is 74.0 Å². The maximum Gasteiger partial charge on any atom is 0.169 e. The van der Waals surface area contributed by atoms with Crippen LogP contribution in [0.3, 0.4) is 0 Å². The van der Waals surface area contributed by atoms with Crippen LogP contribution in [0.1, 0.15) is 41.5 Å². The first-order valence-electron chi connectivity index (χ1n) is 4.22. The molecule has 0 spiro atoms. The summed E-state index contributed by atoms with van der Waals surface area (Å²) >= 11 is 0. The normalized spacial score (nSPS) is 31.5. The van der Waals surface area contributed by atoms with Crippen molar-refractivity contribution in [3.8, 4) is 0 Å². The van der Waals surface area contributed by atoms with Gasteiger partial charge in [-0.2, -0.15) is 0 Å². The van der Waals surface area contributed by atoms with Gasteiger partial charge < -0.3 is 14.2 Å². The average Bonchev–Trinajstić information content (AvgIpc) is 1.44. The minimum atomic E-state index is -0.578. The molecular formula is C9H18O3. The predicted octanol–water partition coefficient (Wildman–Crippen LogP) is 2.26. The van der Waals surface area contributed by atoms with Gasteiger partial charge in [0.15, 0.2) is 17.4 Å². The van der Waals surface area contributed by atoms with Crippen LogP contribution in [0.5, 0.6) is 0 Å². The third-order valence-electron chi connectivity index (χ3n) is 1.47. The number of ether oxygens (including phenoxy) is 3. The van der Waals surface area contributed by atoms with Crippen molar-refractivity contribution in [1.29, 1.82) is 0 Å². The monoisotopic (exact) mass is 174 g/mol. The molecule has 1 heterocycles. The number of hydrogen-bond donors (Lipinski definition) is 0. The Morgan fingerprint density at radius 3 is 0.833 bits per heavy atom. The quantitative estimate of drug-likeness (QED) is 0.563. The van der Waals surface area contributed by atoms with Crippen LogP contribution in [-0.4, -0.2) is 17.4 Å². The molecule has 1 fully saturated rings. The molecule has 0 saturated carbocycles. The molecule has 72 valence electrons. The fraction of sp³-hybridized carbons (Fsp3) is 1.00. The second-order valence-electron chi connectivity index (χ2n) is 4.51. The van der Waals surface area contributed by atoms with Crippen LogP contribution in [-0.2, 0) is 14.2 Å². The zero-order chi connectivity index (χ0) is 9.62. The number of hydrogen-bond acceptors (Lipinski definition) is 3. The summed E-state index contributed by atoms with van der Waals surface area (Å²) in [5.74, 6) is -1.73. The Bertz CT molecular complexity index is 137. The van der Waals surface area contributed by atoms with E-state index < -0.39 is 17.4 Å². The van der Waals surface area contributed by atoms with Crippen molar-refractivity contribution in [1.82, 2.24) is 0 Å². The van der Waals surface area contributed by atoms with Crippen LogP contribution in [0.15, 0.2) is 0 Å². The molecule has 3 heteroatoms. The van der Waals surface area contributed by atoms with Gasteiger partial charge in [-0.05, 0) is 41.5 Å². The Morgan fingerprint density at radius 2 is 0.667 bits per heavy atom. The van der Waals surface area contributed by atoms with E-state index in [2.05, 4.69) is 0 Å². The van der Waals surface area contributed by atoms with Gasteiger partial charge in [-0.1, -0.05) is 0 Å². The Kier molecular flexibility index (Phi) is 2.02. The Morgan fingerprint density at radius 1 is 0.500 bits per heavy atom. The molecule has 0 aromatic carbocycles. The van der Waals surface area contributed by atoms with E-state index in [4.69, 9.17) is 14.2 Å². The molecule has 1 rings (SSSR count). The fourth-order valence-electron chi connectivity index (χ4n) is 1.84. The number of rotatable bonds is 0. The minimum absolute atomic E-state index is 0.578. The first kappa shape index (κ1) is 9.96. The van der Waals surface area contributed by atoms with Gasteiger partial charge in [0.2, 0.25) is 0 Å². The van der Waals surface area contributed by atoms with Crippen molar-refractivity contribution in [3.05, 3.63) is 0 Å². The summed E-state index contributed by atoms with van der Waals surface area (Å²) in [5.41, 5.74) is 0. The highest BCUT2D eigenvalue weighted by molar-refractivity contribution is 4.74. The molecule has 0 aliphatic carbocycles. The van der Waals surface area contributed by atoms with Crippen LogP contribution < -0.4 is 0 Å². The van der Waals surface area contributed by atoms with E-state index in [1.807, 2.05) is 41.5 Å². The van der Waals surface area contributed by atoms with Crippen molar-refractivity contribution in [2.75, 3.05) is 0 Å². The molecular weight excluding hydrogens is 156 g/mol. The van der Waals surface area contributed by atoms with Crippen LogP contribution in [0.4, 0.5) is 0 Å². The maximum atomic E-state index is 5.55. The Balaban J connectivity index is 2.81. The van der Waals surface area contributed by atoms with Crippen molar-refractivity contribution in [2.45, 2.75) is 58.9 Å². The molecule has 0 amide bonds. The summed E-state index contributed by atoms with van der Waals surface area (Å²) in [7, 11) is 0.